The van der Waals surface area contributed by atoms with E-state index in [2.05, 4.69) is 4.74 Å². The molecule has 0 rings (SSSR count). The second kappa shape index (κ2) is 3.94. The van der Waals surface area contributed by atoms with Gasteiger partial charge in [-0.1, -0.05) is 0 Å². The molecule has 0 atom stereocenters. The van der Waals surface area contributed by atoms with Crippen molar-refractivity contribution in [3.63, 3.8) is 0 Å². The summed E-state index contributed by atoms with van der Waals surface area (Å²) >= 11 is 0. The Hall–Kier alpha value is -0.800. The molecule has 0 unspecified atom stereocenters. The predicted octanol–water partition coefficient (Wildman–Crippen LogP) is -0.0619. The van der Waals surface area contributed by atoms with Crippen molar-refractivity contribution in [1.29, 1.82) is 0 Å². The molecular formula is C4H8F2NO5S+. The SMILES string of the molecule is CC(=O)OCC[N+](F)(F)S(=O)(=O)O. The van der Waals surface area contributed by atoms with Gasteiger partial charge in [0.15, 0.2) is 4.33 Å². The van der Waals surface area contributed by atoms with E-state index in [4.69, 9.17) is 4.55 Å². The Kier molecular flexibility index (Phi) is 3.70. The maximum atomic E-state index is 12.3. The van der Waals surface area contributed by atoms with Gasteiger partial charge in [-0.05, 0) is 0 Å². The summed E-state index contributed by atoms with van der Waals surface area (Å²) in [5.74, 6) is -0.810. The Morgan fingerprint density at radius 2 is 2.00 bits per heavy atom. The van der Waals surface area contributed by atoms with E-state index in [9.17, 15) is 22.2 Å². The zero-order valence-corrected chi connectivity index (χ0v) is 7.42. The molecule has 0 aromatic rings. The van der Waals surface area contributed by atoms with Gasteiger partial charge in [-0.2, -0.15) is 0 Å². The highest BCUT2D eigenvalue weighted by Gasteiger charge is 2.46. The second-order valence-corrected chi connectivity index (χ2v) is 3.51. The molecule has 0 heterocycles. The molecule has 0 radical (unpaired) electrons. The van der Waals surface area contributed by atoms with Gasteiger partial charge in [0.25, 0.3) is 0 Å². The fraction of sp³-hybridized carbons (Fsp3) is 0.750. The molecule has 9 heteroatoms. The number of halogens is 2. The van der Waals surface area contributed by atoms with Crippen LogP contribution in [-0.4, -0.2) is 36.4 Å². The van der Waals surface area contributed by atoms with Gasteiger partial charge in [0.2, 0.25) is 6.54 Å². The second-order valence-electron chi connectivity index (χ2n) is 2.08. The zero-order chi connectivity index (χ0) is 10.7. The molecule has 0 aliphatic rings. The van der Waals surface area contributed by atoms with Gasteiger partial charge in [-0.15, -0.1) is 8.42 Å². The minimum Gasteiger partial charge on any atom is -0.460 e. The molecule has 78 valence electrons. The smallest absolute Gasteiger partial charge is 0.460 e. The molecule has 0 saturated heterocycles. The number of nitrogens with zero attached hydrogens (tertiary/aromatic N) is 1. The molecule has 0 fully saturated rings. The Balaban J connectivity index is 4.13. The Morgan fingerprint density at radius 3 is 2.31 bits per heavy atom. The number of quaternary nitrogens is 1. The standard InChI is InChI=1S/C4H7F2NO5S/c1-4(8)12-3-2-7(5,6)13(9,10)11/h2-3H2,1H3/p+1. The van der Waals surface area contributed by atoms with Gasteiger partial charge in [0.05, 0.1) is 8.96 Å². The molecule has 0 spiro atoms. The normalized spacial score (nSPS) is 12.6. The topological polar surface area (TPSA) is 80.7 Å². The van der Waals surface area contributed by atoms with Crippen LogP contribution < -0.4 is 0 Å². The van der Waals surface area contributed by atoms with E-state index in [1.807, 2.05) is 0 Å². The van der Waals surface area contributed by atoms with Crippen LogP contribution in [0.15, 0.2) is 0 Å². The van der Waals surface area contributed by atoms with Crippen LogP contribution in [0.2, 0.25) is 0 Å². The van der Waals surface area contributed by atoms with Crippen LogP contribution >= 0.6 is 0 Å². The summed E-state index contributed by atoms with van der Waals surface area (Å²) in [5, 5.41) is 0. The number of rotatable bonds is 4. The van der Waals surface area contributed by atoms with Crippen LogP contribution in [0.25, 0.3) is 0 Å². The molecule has 0 aliphatic carbocycles. The third kappa shape index (κ3) is 4.10. The Labute approximate surface area is 73.0 Å². The number of hydrogen-bond donors (Lipinski definition) is 1. The van der Waals surface area contributed by atoms with E-state index in [1.165, 1.54) is 0 Å². The van der Waals surface area contributed by atoms with Crippen LogP contribution in [0.1, 0.15) is 6.92 Å². The molecule has 0 aromatic carbocycles. The highest BCUT2D eigenvalue weighted by molar-refractivity contribution is 7.79. The van der Waals surface area contributed by atoms with Crippen LogP contribution in [-0.2, 0) is 19.8 Å². The van der Waals surface area contributed by atoms with Crippen molar-refractivity contribution >= 4 is 16.3 Å². The molecule has 6 nitrogen and oxygen atoms in total. The fourth-order valence-corrected chi connectivity index (χ4v) is 0.716. The summed E-state index contributed by atoms with van der Waals surface area (Å²) in [6.45, 7) is -1.13. The molecule has 0 bridgehead atoms. The molecule has 0 saturated carbocycles. The van der Waals surface area contributed by atoms with E-state index in [0.717, 1.165) is 6.92 Å². The third-order valence-electron chi connectivity index (χ3n) is 0.994. The van der Waals surface area contributed by atoms with E-state index < -0.39 is 33.8 Å². The van der Waals surface area contributed by atoms with Gasteiger partial charge in [-0.25, -0.2) is 4.55 Å². The number of hydrogen-bond acceptors (Lipinski definition) is 4. The van der Waals surface area contributed by atoms with Crippen LogP contribution in [0, 0.1) is 0 Å². The van der Waals surface area contributed by atoms with Gasteiger partial charge >= 0.3 is 16.3 Å². The van der Waals surface area contributed by atoms with E-state index in [-0.39, 0.29) is 0 Å². The van der Waals surface area contributed by atoms with Crippen molar-refractivity contribution in [2.75, 3.05) is 13.2 Å². The highest BCUT2D eigenvalue weighted by atomic mass is 32.2. The number of esters is 1. The molecule has 0 aliphatic heterocycles. The third-order valence-corrected chi connectivity index (χ3v) is 1.85. The molecule has 13 heavy (non-hydrogen) atoms. The minimum absolute atomic E-state index is 0.790. The highest BCUT2D eigenvalue weighted by Crippen LogP contribution is 2.15. The molecule has 1 N–H and O–H groups in total. The van der Waals surface area contributed by atoms with Crippen molar-refractivity contribution in [2.24, 2.45) is 0 Å². The van der Waals surface area contributed by atoms with E-state index in [1.54, 1.807) is 0 Å². The fourth-order valence-electron chi connectivity index (χ4n) is 0.411. The zero-order valence-electron chi connectivity index (χ0n) is 6.61. The lowest BCUT2D eigenvalue weighted by atomic mass is 10.7. The maximum Gasteiger partial charge on any atom is 0.509 e. The van der Waals surface area contributed by atoms with E-state index >= 15 is 0 Å². The van der Waals surface area contributed by atoms with Crippen molar-refractivity contribution in [3.8, 4) is 0 Å². The van der Waals surface area contributed by atoms with Crippen molar-refractivity contribution in [2.45, 2.75) is 6.92 Å². The average molecular weight is 220 g/mol. The predicted molar refractivity (Wildman–Crippen MR) is 35.5 cm³/mol. The average Bonchev–Trinajstić information content (AvgIpc) is 1.82. The summed E-state index contributed by atoms with van der Waals surface area (Å²) in [4.78, 5) is 10.1. The minimum atomic E-state index is -5.49. The summed E-state index contributed by atoms with van der Waals surface area (Å²) in [6, 6.07) is 0. The van der Waals surface area contributed by atoms with E-state index in [0.29, 0.717) is 0 Å². The van der Waals surface area contributed by atoms with Crippen molar-refractivity contribution in [1.82, 2.24) is 0 Å². The van der Waals surface area contributed by atoms with Gasteiger partial charge < -0.3 is 4.74 Å². The quantitative estimate of drug-likeness (QED) is 0.407. The van der Waals surface area contributed by atoms with Gasteiger partial charge in [-0.3, -0.25) is 4.79 Å². The van der Waals surface area contributed by atoms with Gasteiger partial charge in [0, 0.05) is 6.92 Å². The first-order valence-corrected chi connectivity index (χ1v) is 4.45. The lowest BCUT2D eigenvalue weighted by Gasteiger charge is -2.08. The maximum absolute atomic E-state index is 12.3. The summed E-state index contributed by atoms with van der Waals surface area (Å²) < 4.78 is 52.9. The summed E-state index contributed by atoms with van der Waals surface area (Å²) in [7, 11) is -5.49. The van der Waals surface area contributed by atoms with Gasteiger partial charge in [0.1, 0.15) is 6.61 Å². The molecule has 0 amide bonds. The van der Waals surface area contributed by atoms with Crippen molar-refractivity contribution in [3.05, 3.63) is 0 Å². The number of carbonyl (C=O) groups is 1. The molecular weight excluding hydrogens is 212 g/mol. The number of ether oxygens (including phenoxy) is 1. The first kappa shape index (κ1) is 12.2. The van der Waals surface area contributed by atoms with Crippen molar-refractivity contribution < 1.29 is 35.8 Å². The largest absolute Gasteiger partial charge is 0.509 e. The van der Waals surface area contributed by atoms with Crippen LogP contribution in [0.5, 0.6) is 0 Å². The first-order chi connectivity index (χ1) is 5.67. The summed E-state index contributed by atoms with van der Waals surface area (Å²) in [5.41, 5.74) is 0. The summed E-state index contributed by atoms with van der Waals surface area (Å²) in [6.07, 6.45) is 0. The Morgan fingerprint density at radius 1 is 1.54 bits per heavy atom. The number of carbonyl (C=O) groups excluding carboxylic acids is 1. The monoisotopic (exact) mass is 220 g/mol. The van der Waals surface area contributed by atoms with Crippen LogP contribution in [0.3, 0.4) is 0 Å². The first-order valence-electron chi connectivity index (χ1n) is 3.05. The van der Waals surface area contributed by atoms with Crippen LogP contribution in [0.4, 0.5) is 8.96 Å². The lowest BCUT2D eigenvalue weighted by Crippen LogP contribution is -2.39. The lowest BCUT2D eigenvalue weighted by molar-refractivity contribution is -1.07. The Bertz CT molecular complexity index is 287. The molecule has 0 aromatic heterocycles.